The fraction of sp³-hybridized carbons (Fsp3) is 0.714. The van der Waals surface area contributed by atoms with Gasteiger partial charge in [0, 0.05) is 30.6 Å². The van der Waals surface area contributed by atoms with Crippen LogP contribution in [0, 0.1) is 29.6 Å². The van der Waals surface area contributed by atoms with E-state index < -0.39 is 36.4 Å². The van der Waals surface area contributed by atoms with Crippen molar-refractivity contribution in [1.29, 1.82) is 0 Å². The van der Waals surface area contributed by atoms with Gasteiger partial charge < -0.3 is 34.2 Å². The number of fused-ring (bicyclic) bond motifs is 1. The Balaban J connectivity index is 1.12. The van der Waals surface area contributed by atoms with Crippen LogP contribution in [0.3, 0.4) is 0 Å². The fourth-order valence-corrected chi connectivity index (χ4v) is 9.45. The van der Waals surface area contributed by atoms with Gasteiger partial charge >= 0.3 is 12.1 Å². The van der Waals surface area contributed by atoms with Gasteiger partial charge in [-0.1, -0.05) is 19.3 Å². The van der Waals surface area contributed by atoms with Crippen molar-refractivity contribution in [1.82, 2.24) is 10.2 Å². The number of anilines is 1. The summed E-state index contributed by atoms with van der Waals surface area (Å²) in [6.07, 6.45) is 12.1. The number of methoxy groups -OCH3 is 1. The van der Waals surface area contributed by atoms with E-state index in [1.54, 1.807) is 57.0 Å². The Morgan fingerprint density at radius 3 is 2.31 bits per heavy atom. The standard InChI is InChI=1S/C42H60FN3O8/c1-42(2,3)54-41(50)45-34(24-43)28-10-12-29(13-11-28)39(48)46-21-20-33(27-14-17-32(51-4)18-15-27)37(46)38(47)44-31-16-19-35-30(22-31)23-36(53-35)40(49)52-25-26-8-6-5-7-9-26/h16,19,22-23,26-29,32-34,37H,5-15,17-18,20-21,24-25H2,1-4H3,(H,44,47)(H,45,50)/t27?,28?,29?,32?,33-,34+,37+/m0/s1. The molecule has 1 aromatic heterocycles. The predicted molar refractivity (Wildman–Crippen MR) is 203 cm³/mol. The SMILES string of the molecule is COC1CCC([C@@H]2CCN(C(=O)C3CCC([C@@H](CF)NC(=O)OC(C)(C)C)CC3)[C@H]2C(=O)Nc2ccc3oc(C(=O)OCC4CCCCC4)cc3c2)CC1. The van der Waals surface area contributed by atoms with Crippen molar-refractivity contribution >= 4 is 40.5 Å². The van der Waals surface area contributed by atoms with Crippen LogP contribution < -0.4 is 10.6 Å². The smallest absolute Gasteiger partial charge is 0.407 e. The number of amides is 3. The molecule has 3 amide bonds. The number of nitrogens with one attached hydrogen (secondary N) is 2. The molecule has 3 atom stereocenters. The lowest BCUT2D eigenvalue weighted by atomic mass is 9.75. The Bertz CT molecular complexity index is 1600. The molecule has 3 aliphatic carbocycles. The summed E-state index contributed by atoms with van der Waals surface area (Å²) in [7, 11) is 1.75. The average molecular weight is 754 g/mol. The summed E-state index contributed by atoms with van der Waals surface area (Å²) in [5.74, 6) is -0.276. The molecule has 1 saturated heterocycles. The molecular formula is C42H60FN3O8. The van der Waals surface area contributed by atoms with Gasteiger partial charge in [0.2, 0.25) is 17.6 Å². The van der Waals surface area contributed by atoms with Gasteiger partial charge in [0.1, 0.15) is 23.9 Å². The fourth-order valence-electron chi connectivity index (χ4n) is 9.45. The van der Waals surface area contributed by atoms with Gasteiger partial charge in [-0.05, 0) is 139 Å². The summed E-state index contributed by atoms with van der Waals surface area (Å²) in [6.45, 7) is 5.49. The molecule has 0 unspecified atom stereocenters. The van der Waals surface area contributed by atoms with Crippen LogP contribution in [-0.2, 0) is 23.8 Å². The minimum absolute atomic E-state index is 0.0141. The molecule has 0 spiro atoms. The Labute approximate surface area is 318 Å². The van der Waals surface area contributed by atoms with E-state index in [9.17, 15) is 23.6 Å². The average Bonchev–Trinajstić information content (AvgIpc) is 3.81. The number of esters is 1. The number of rotatable bonds is 11. The highest BCUT2D eigenvalue weighted by Crippen LogP contribution is 2.42. The number of alkyl carbamates (subject to hydrolysis) is 1. The van der Waals surface area contributed by atoms with Crippen molar-refractivity contribution in [3.8, 4) is 0 Å². The second kappa shape index (κ2) is 17.9. The zero-order chi connectivity index (χ0) is 38.4. The second-order valence-electron chi connectivity index (χ2n) is 17.2. The first-order chi connectivity index (χ1) is 25.9. The largest absolute Gasteiger partial charge is 0.460 e. The molecular weight excluding hydrogens is 693 g/mol. The number of ether oxygens (including phenoxy) is 3. The second-order valence-corrected chi connectivity index (χ2v) is 17.2. The van der Waals surface area contributed by atoms with Gasteiger partial charge in [-0.25, -0.2) is 14.0 Å². The van der Waals surface area contributed by atoms with Crippen LogP contribution in [0.25, 0.3) is 11.0 Å². The number of carbonyl (C=O) groups excluding carboxylic acids is 4. The third kappa shape index (κ3) is 9.95. The van der Waals surface area contributed by atoms with Crippen LogP contribution in [0.15, 0.2) is 28.7 Å². The zero-order valence-electron chi connectivity index (χ0n) is 32.5. The third-order valence-corrected chi connectivity index (χ3v) is 12.4. The third-order valence-electron chi connectivity index (χ3n) is 12.4. The first-order valence-corrected chi connectivity index (χ1v) is 20.3. The van der Waals surface area contributed by atoms with Crippen LogP contribution in [0.4, 0.5) is 14.9 Å². The summed E-state index contributed by atoms with van der Waals surface area (Å²) in [5, 5.41) is 6.49. The summed E-state index contributed by atoms with van der Waals surface area (Å²) < 4.78 is 36.5. The molecule has 0 bridgehead atoms. The number of hydrogen-bond donors (Lipinski definition) is 2. The molecule has 298 valence electrons. The maximum Gasteiger partial charge on any atom is 0.407 e. The molecule has 12 heteroatoms. The van der Waals surface area contributed by atoms with Crippen LogP contribution in [0.5, 0.6) is 0 Å². The molecule has 6 rings (SSSR count). The Kier molecular flexibility index (Phi) is 13.2. The van der Waals surface area contributed by atoms with E-state index in [0.29, 0.717) is 67.3 Å². The molecule has 2 heterocycles. The lowest BCUT2D eigenvalue weighted by molar-refractivity contribution is -0.142. The van der Waals surface area contributed by atoms with Crippen molar-refractivity contribution < 1.29 is 42.2 Å². The van der Waals surface area contributed by atoms with Crippen LogP contribution in [0.2, 0.25) is 0 Å². The highest BCUT2D eigenvalue weighted by molar-refractivity contribution is 6.00. The van der Waals surface area contributed by atoms with E-state index in [2.05, 4.69) is 10.6 Å². The lowest BCUT2D eigenvalue weighted by Crippen LogP contribution is -2.50. The van der Waals surface area contributed by atoms with Crippen LogP contribution >= 0.6 is 0 Å². The number of alkyl halides is 1. The zero-order valence-corrected chi connectivity index (χ0v) is 32.5. The number of furan rings is 1. The molecule has 11 nitrogen and oxygen atoms in total. The van der Waals surface area contributed by atoms with Crippen LogP contribution in [-0.4, -0.2) is 79.5 Å². The highest BCUT2D eigenvalue weighted by atomic mass is 19.1. The van der Waals surface area contributed by atoms with Gasteiger partial charge in [0.25, 0.3) is 0 Å². The van der Waals surface area contributed by atoms with Crippen molar-refractivity contribution in [2.45, 2.75) is 134 Å². The van der Waals surface area contributed by atoms with E-state index in [-0.39, 0.29) is 41.4 Å². The monoisotopic (exact) mass is 753 g/mol. The summed E-state index contributed by atoms with van der Waals surface area (Å²) in [6, 6.07) is 5.64. The van der Waals surface area contributed by atoms with Crippen molar-refractivity contribution in [2.24, 2.45) is 29.6 Å². The summed E-state index contributed by atoms with van der Waals surface area (Å²) >= 11 is 0. The molecule has 2 aromatic rings. The van der Waals surface area contributed by atoms with Gasteiger partial charge in [0.05, 0.1) is 18.8 Å². The highest BCUT2D eigenvalue weighted by Gasteiger charge is 2.47. The van der Waals surface area contributed by atoms with Gasteiger partial charge in [0.15, 0.2) is 0 Å². The quantitative estimate of drug-likeness (QED) is 0.219. The predicted octanol–water partition coefficient (Wildman–Crippen LogP) is 8.20. The van der Waals surface area contributed by atoms with Crippen molar-refractivity contribution in [2.75, 3.05) is 32.3 Å². The van der Waals surface area contributed by atoms with E-state index in [4.69, 9.17) is 18.6 Å². The summed E-state index contributed by atoms with van der Waals surface area (Å²) in [4.78, 5) is 55.6. The molecule has 0 radical (unpaired) electrons. The molecule has 4 aliphatic rings. The van der Waals surface area contributed by atoms with Gasteiger partial charge in [-0.15, -0.1) is 0 Å². The minimum atomic E-state index is -0.708. The van der Waals surface area contributed by atoms with Crippen molar-refractivity contribution in [3.05, 3.63) is 30.0 Å². The van der Waals surface area contributed by atoms with E-state index in [1.807, 2.05) is 0 Å². The molecule has 3 saturated carbocycles. The Morgan fingerprint density at radius 1 is 0.926 bits per heavy atom. The Hall–Kier alpha value is -3.67. The molecule has 1 aliphatic heterocycles. The normalized spacial score (nSPS) is 27.3. The number of hydrogen-bond acceptors (Lipinski definition) is 8. The summed E-state index contributed by atoms with van der Waals surface area (Å²) in [5.41, 5.74) is 0.398. The lowest BCUT2D eigenvalue weighted by Gasteiger charge is -2.38. The van der Waals surface area contributed by atoms with E-state index in [1.165, 1.54) is 19.3 Å². The number of halogens is 1. The molecule has 4 fully saturated rings. The van der Waals surface area contributed by atoms with E-state index in [0.717, 1.165) is 44.9 Å². The number of nitrogens with zero attached hydrogens (tertiary/aromatic N) is 1. The topological polar surface area (TPSA) is 136 Å². The van der Waals surface area contributed by atoms with Gasteiger partial charge in [-0.2, -0.15) is 0 Å². The first kappa shape index (κ1) is 40.0. The minimum Gasteiger partial charge on any atom is -0.460 e. The maximum atomic E-state index is 14.3. The number of benzene rings is 1. The van der Waals surface area contributed by atoms with Gasteiger partial charge in [-0.3, -0.25) is 9.59 Å². The maximum absolute atomic E-state index is 14.3. The Morgan fingerprint density at radius 2 is 1.65 bits per heavy atom. The molecule has 2 N–H and O–H groups in total. The number of likely N-dealkylation sites (tertiary alicyclic amines) is 1. The molecule has 54 heavy (non-hydrogen) atoms. The van der Waals surface area contributed by atoms with Crippen molar-refractivity contribution in [3.63, 3.8) is 0 Å². The number of carbonyl (C=O) groups is 4. The first-order valence-electron chi connectivity index (χ1n) is 20.3. The molecule has 1 aromatic carbocycles. The van der Waals surface area contributed by atoms with Crippen LogP contribution in [0.1, 0.15) is 121 Å². The van der Waals surface area contributed by atoms with E-state index >= 15 is 0 Å².